The highest BCUT2D eigenvalue weighted by atomic mass is 32.2. The van der Waals surface area contributed by atoms with Crippen molar-refractivity contribution in [2.75, 3.05) is 24.3 Å². The van der Waals surface area contributed by atoms with E-state index >= 15 is 0 Å². The van der Waals surface area contributed by atoms with Crippen LogP contribution in [0.15, 0.2) is 76.8 Å². The van der Waals surface area contributed by atoms with E-state index in [1.165, 1.54) is 30.1 Å². The predicted octanol–water partition coefficient (Wildman–Crippen LogP) is 4.02. The van der Waals surface area contributed by atoms with Gasteiger partial charge in [0.15, 0.2) is 11.5 Å². The maximum Gasteiger partial charge on any atom is 0.261 e. The van der Waals surface area contributed by atoms with Gasteiger partial charge in [0.2, 0.25) is 5.91 Å². The van der Waals surface area contributed by atoms with E-state index in [1.807, 2.05) is 12.1 Å². The summed E-state index contributed by atoms with van der Waals surface area (Å²) in [7, 11) is -0.641. The molecule has 0 aliphatic heterocycles. The van der Waals surface area contributed by atoms with Crippen LogP contribution >= 0.6 is 11.8 Å². The van der Waals surface area contributed by atoms with Crippen LogP contribution in [0.3, 0.4) is 0 Å². The van der Waals surface area contributed by atoms with Gasteiger partial charge in [-0.2, -0.15) is 0 Å². The number of nitrogens with zero attached hydrogens (tertiary/aromatic N) is 1. The predicted molar refractivity (Wildman–Crippen MR) is 125 cm³/mol. The van der Waals surface area contributed by atoms with Gasteiger partial charge in [0.1, 0.15) is 0 Å². The summed E-state index contributed by atoms with van der Waals surface area (Å²) < 4.78 is 38.0. The molecule has 0 fully saturated rings. The van der Waals surface area contributed by atoms with Crippen molar-refractivity contribution < 1.29 is 22.7 Å². The summed E-state index contributed by atoms with van der Waals surface area (Å²) in [5.41, 5.74) is 0.862. The van der Waals surface area contributed by atoms with E-state index in [0.29, 0.717) is 22.9 Å². The number of nitrogens with one attached hydrogen (secondary N) is 2. The first-order chi connectivity index (χ1) is 15.3. The number of benzene rings is 2. The number of aromatic nitrogens is 1. The number of hydrogen-bond donors (Lipinski definition) is 2. The van der Waals surface area contributed by atoms with Gasteiger partial charge in [0, 0.05) is 16.8 Å². The van der Waals surface area contributed by atoms with Crippen molar-refractivity contribution in [1.29, 1.82) is 0 Å². The molecule has 1 heterocycles. The van der Waals surface area contributed by atoms with Crippen LogP contribution in [0.2, 0.25) is 0 Å². The Hall–Kier alpha value is -3.24. The molecule has 1 amide bonds. The molecule has 8 nitrogen and oxygen atoms in total. The average Bonchev–Trinajstić information content (AvgIpc) is 2.79. The highest BCUT2D eigenvalue weighted by Crippen LogP contribution is 2.33. The summed E-state index contributed by atoms with van der Waals surface area (Å²) in [6.07, 6.45) is 2.98. The summed E-state index contributed by atoms with van der Waals surface area (Å²) in [4.78, 5) is 17.4. The molecule has 0 saturated heterocycles. The molecule has 0 aliphatic carbocycles. The van der Waals surface area contributed by atoms with Gasteiger partial charge in [0.05, 0.1) is 36.2 Å². The molecule has 3 rings (SSSR count). The highest BCUT2D eigenvalue weighted by molar-refractivity contribution is 8.00. The first-order valence-electron chi connectivity index (χ1n) is 9.55. The van der Waals surface area contributed by atoms with Crippen LogP contribution < -0.4 is 19.5 Å². The lowest BCUT2D eigenvalue weighted by Gasteiger charge is -2.14. The molecule has 10 heteroatoms. The van der Waals surface area contributed by atoms with Crippen LogP contribution in [0.5, 0.6) is 11.5 Å². The minimum atomic E-state index is -3.76. The van der Waals surface area contributed by atoms with Crippen LogP contribution in [0.25, 0.3) is 0 Å². The third-order valence-electron chi connectivity index (χ3n) is 4.38. The summed E-state index contributed by atoms with van der Waals surface area (Å²) in [5.74, 6) is 0.984. The van der Waals surface area contributed by atoms with Crippen LogP contribution in [0.4, 0.5) is 11.4 Å². The largest absolute Gasteiger partial charge is 0.493 e. The number of carbonyl (C=O) groups is 1. The molecule has 1 aromatic heterocycles. The van der Waals surface area contributed by atoms with E-state index < -0.39 is 15.3 Å². The Balaban J connectivity index is 1.63. The Morgan fingerprint density at radius 2 is 1.72 bits per heavy atom. The van der Waals surface area contributed by atoms with E-state index in [-0.39, 0.29) is 10.8 Å². The van der Waals surface area contributed by atoms with Gasteiger partial charge >= 0.3 is 0 Å². The summed E-state index contributed by atoms with van der Waals surface area (Å²) >= 11 is 1.37. The van der Waals surface area contributed by atoms with Gasteiger partial charge in [0.25, 0.3) is 10.0 Å². The maximum absolute atomic E-state index is 12.6. The molecule has 168 valence electrons. The zero-order valence-electron chi connectivity index (χ0n) is 17.7. The zero-order valence-corrected chi connectivity index (χ0v) is 19.4. The number of amides is 1. The number of methoxy groups -OCH3 is 2. The topological polar surface area (TPSA) is 107 Å². The molecular weight excluding hydrogens is 450 g/mol. The van der Waals surface area contributed by atoms with E-state index in [1.54, 1.807) is 57.7 Å². The normalized spacial score (nSPS) is 12.0. The zero-order chi connectivity index (χ0) is 23.1. The monoisotopic (exact) mass is 473 g/mol. The first kappa shape index (κ1) is 23.4. The van der Waals surface area contributed by atoms with Crippen molar-refractivity contribution in [1.82, 2.24) is 4.98 Å². The van der Waals surface area contributed by atoms with Crippen molar-refractivity contribution in [3.63, 3.8) is 0 Å². The Morgan fingerprint density at radius 1 is 1.00 bits per heavy atom. The molecule has 1 unspecified atom stereocenters. The molecule has 32 heavy (non-hydrogen) atoms. The summed E-state index contributed by atoms with van der Waals surface area (Å²) in [5, 5.41) is 2.40. The van der Waals surface area contributed by atoms with Gasteiger partial charge in [-0.25, -0.2) is 8.42 Å². The molecule has 3 aromatic rings. The van der Waals surface area contributed by atoms with Crippen LogP contribution in [-0.2, 0) is 14.8 Å². The second kappa shape index (κ2) is 10.4. The third-order valence-corrected chi connectivity index (χ3v) is 6.87. The van der Waals surface area contributed by atoms with Crippen molar-refractivity contribution in [3.8, 4) is 11.5 Å². The molecule has 0 aliphatic rings. The number of ether oxygens (including phenoxy) is 2. The lowest BCUT2D eigenvalue weighted by Crippen LogP contribution is -2.22. The maximum atomic E-state index is 12.6. The second-order valence-electron chi connectivity index (χ2n) is 6.64. The smallest absolute Gasteiger partial charge is 0.261 e. The molecule has 0 bridgehead atoms. The molecule has 1 atom stereocenters. The number of carbonyl (C=O) groups excluding carboxylic acids is 1. The number of thioether (sulfide) groups is 1. The molecule has 0 saturated carbocycles. The molecule has 0 radical (unpaired) electrons. The standard InChI is InChI=1S/C22H23N3O5S2/c1-15(31-18-8-11-20(29-2)21(13-18)30-3)22(26)24-16-6-9-19(10-7-16)32(27,28)25-17-5-4-12-23-14-17/h4-15,25H,1-3H3,(H,24,26). The lowest BCUT2D eigenvalue weighted by molar-refractivity contribution is -0.115. The third kappa shape index (κ3) is 5.92. The summed E-state index contributed by atoms with van der Waals surface area (Å²) in [6.45, 7) is 1.79. The first-order valence-corrected chi connectivity index (χ1v) is 11.9. The fraction of sp³-hybridized carbons (Fsp3) is 0.182. The molecule has 2 aromatic carbocycles. The van der Waals surface area contributed by atoms with E-state index in [0.717, 1.165) is 4.90 Å². The van der Waals surface area contributed by atoms with Crippen molar-refractivity contribution in [2.45, 2.75) is 22.0 Å². The number of anilines is 2. The number of sulfonamides is 1. The minimum Gasteiger partial charge on any atom is -0.493 e. The Labute approximate surface area is 191 Å². The highest BCUT2D eigenvalue weighted by Gasteiger charge is 2.18. The molecule has 0 spiro atoms. The number of rotatable bonds is 9. The Kier molecular flexibility index (Phi) is 7.60. The van der Waals surface area contributed by atoms with Crippen molar-refractivity contribution in [2.24, 2.45) is 0 Å². The minimum absolute atomic E-state index is 0.0760. The van der Waals surface area contributed by atoms with Gasteiger partial charge in [-0.05, 0) is 61.5 Å². The van der Waals surface area contributed by atoms with E-state index in [4.69, 9.17) is 9.47 Å². The van der Waals surface area contributed by atoms with Crippen LogP contribution in [0.1, 0.15) is 6.92 Å². The molecule has 2 N–H and O–H groups in total. The van der Waals surface area contributed by atoms with Crippen LogP contribution in [0, 0.1) is 0 Å². The summed E-state index contributed by atoms with van der Waals surface area (Å²) in [6, 6.07) is 14.6. The lowest BCUT2D eigenvalue weighted by atomic mass is 10.3. The van der Waals surface area contributed by atoms with Crippen LogP contribution in [-0.4, -0.2) is 38.8 Å². The quantitative estimate of drug-likeness (QED) is 0.452. The van der Waals surface area contributed by atoms with Gasteiger partial charge in [-0.15, -0.1) is 11.8 Å². The average molecular weight is 474 g/mol. The van der Waals surface area contributed by atoms with Gasteiger partial charge < -0.3 is 14.8 Å². The fourth-order valence-corrected chi connectivity index (χ4v) is 4.69. The van der Waals surface area contributed by atoms with Gasteiger partial charge in [-0.1, -0.05) is 0 Å². The van der Waals surface area contributed by atoms with Crippen molar-refractivity contribution in [3.05, 3.63) is 67.0 Å². The number of pyridine rings is 1. The fourth-order valence-electron chi connectivity index (χ4n) is 2.75. The Bertz CT molecular complexity index is 1170. The van der Waals surface area contributed by atoms with E-state index in [2.05, 4.69) is 15.0 Å². The number of hydrogen-bond acceptors (Lipinski definition) is 7. The molecular formula is C22H23N3O5S2. The second-order valence-corrected chi connectivity index (χ2v) is 9.73. The van der Waals surface area contributed by atoms with Crippen molar-refractivity contribution >= 4 is 39.1 Å². The van der Waals surface area contributed by atoms with E-state index in [9.17, 15) is 13.2 Å². The Morgan fingerprint density at radius 3 is 2.34 bits per heavy atom. The SMILES string of the molecule is COc1ccc(SC(C)C(=O)Nc2ccc(S(=O)(=O)Nc3cccnc3)cc2)cc1OC. The van der Waals surface area contributed by atoms with Gasteiger partial charge in [-0.3, -0.25) is 14.5 Å².